The van der Waals surface area contributed by atoms with Gasteiger partial charge < -0.3 is 14.8 Å². The van der Waals surface area contributed by atoms with Crippen LogP contribution in [0.2, 0.25) is 0 Å². The Kier molecular flexibility index (Phi) is 4.52. The molecule has 0 aliphatic carbocycles. The first kappa shape index (κ1) is 17.7. The van der Waals surface area contributed by atoms with Crippen LogP contribution < -0.4 is 11.0 Å². The Morgan fingerprint density at radius 1 is 1.25 bits per heavy atom. The minimum Gasteiger partial charge on any atom is -0.341 e. The molecule has 0 saturated heterocycles. The molecule has 0 aliphatic heterocycles. The molecule has 4 rings (SSSR count). The van der Waals surface area contributed by atoms with Crippen LogP contribution in [0.4, 0.5) is 0 Å². The SMILES string of the molecule is CCn1c(=O)[nH]c2cc(-c3noc(C(C)NC(=O)c4ccccc4)n3)ccc21. The Balaban J connectivity index is 1.56. The average molecular weight is 377 g/mol. The van der Waals surface area contributed by atoms with E-state index in [2.05, 4.69) is 20.4 Å². The number of hydrogen-bond donors (Lipinski definition) is 2. The number of benzene rings is 2. The molecular formula is C20H19N5O3. The maximum Gasteiger partial charge on any atom is 0.326 e. The van der Waals surface area contributed by atoms with Gasteiger partial charge in [-0.15, -0.1) is 0 Å². The largest absolute Gasteiger partial charge is 0.341 e. The molecule has 0 fully saturated rings. The molecule has 0 radical (unpaired) electrons. The molecule has 2 aromatic carbocycles. The Morgan fingerprint density at radius 3 is 2.79 bits per heavy atom. The summed E-state index contributed by atoms with van der Waals surface area (Å²) in [5, 5.41) is 6.85. The van der Waals surface area contributed by atoms with Gasteiger partial charge in [-0.1, -0.05) is 23.4 Å². The van der Waals surface area contributed by atoms with Crippen molar-refractivity contribution in [2.24, 2.45) is 0 Å². The summed E-state index contributed by atoms with van der Waals surface area (Å²) >= 11 is 0. The van der Waals surface area contributed by atoms with E-state index in [1.807, 2.05) is 31.2 Å². The molecule has 2 aromatic heterocycles. The minimum atomic E-state index is -0.446. The lowest BCUT2D eigenvalue weighted by Gasteiger charge is -2.09. The number of aryl methyl sites for hydroxylation is 1. The van der Waals surface area contributed by atoms with Crippen molar-refractivity contribution in [1.82, 2.24) is 25.0 Å². The van der Waals surface area contributed by atoms with E-state index in [0.717, 1.165) is 5.52 Å². The van der Waals surface area contributed by atoms with Crippen molar-refractivity contribution in [3.63, 3.8) is 0 Å². The quantitative estimate of drug-likeness (QED) is 0.556. The van der Waals surface area contributed by atoms with Gasteiger partial charge in [0.15, 0.2) is 0 Å². The molecule has 28 heavy (non-hydrogen) atoms. The van der Waals surface area contributed by atoms with Crippen molar-refractivity contribution < 1.29 is 9.32 Å². The second-order valence-electron chi connectivity index (χ2n) is 6.42. The molecule has 4 aromatic rings. The number of H-pyrrole nitrogens is 1. The lowest BCUT2D eigenvalue weighted by molar-refractivity contribution is 0.0932. The second kappa shape index (κ2) is 7.15. The first-order chi connectivity index (χ1) is 13.6. The first-order valence-corrected chi connectivity index (χ1v) is 8.99. The highest BCUT2D eigenvalue weighted by atomic mass is 16.5. The Hall–Kier alpha value is -3.68. The molecular weight excluding hydrogens is 358 g/mol. The topological polar surface area (TPSA) is 106 Å². The zero-order valence-electron chi connectivity index (χ0n) is 15.5. The molecule has 142 valence electrons. The Labute approximate surface area is 160 Å². The molecule has 1 atom stereocenters. The van der Waals surface area contributed by atoms with Crippen LogP contribution in [0.25, 0.3) is 22.4 Å². The number of imidazole rings is 1. The lowest BCUT2D eigenvalue weighted by atomic mass is 10.2. The van der Waals surface area contributed by atoms with E-state index in [1.165, 1.54) is 0 Å². The second-order valence-corrected chi connectivity index (χ2v) is 6.42. The third-order valence-corrected chi connectivity index (χ3v) is 4.54. The molecule has 2 N–H and O–H groups in total. The number of hydrogen-bond acceptors (Lipinski definition) is 5. The fraction of sp³-hybridized carbons (Fsp3) is 0.200. The van der Waals surface area contributed by atoms with Crippen molar-refractivity contribution in [2.45, 2.75) is 26.4 Å². The summed E-state index contributed by atoms with van der Waals surface area (Å²) in [6, 6.07) is 14.0. The maximum absolute atomic E-state index is 12.3. The van der Waals surface area contributed by atoms with Crippen molar-refractivity contribution in [2.75, 3.05) is 0 Å². The summed E-state index contributed by atoms with van der Waals surface area (Å²) in [7, 11) is 0. The summed E-state index contributed by atoms with van der Waals surface area (Å²) in [4.78, 5) is 31.4. The van der Waals surface area contributed by atoms with E-state index in [0.29, 0.717) is 34.9 Å². The van der Waals surface area contributed by atoms with E-state index in [1.54, 1.807) is 35.8 Å². The molecule has 0 saturated carbocycles. The fourth-order valence-electron chi connectivity index (χ4n) is 3.08. The zero-order chi connectivity index (χ0) is 19.7. The smallest absolute Gasteiger partial charge is 0.326 e. The summed E-state index contributed by atoms with van der Waals surface area (Å²) in [6.07, 6.45) is 0. The monoisotopic (exact) mass is 377 g/mol. The van der Waals surface area contributed by atoms with Gasteiger partial charge in [0, 0.05) is 17.7 Å². The number of amides is 1. The van der Waals surface area contributed by atoms with Crippen LogP contribution in [-0.4, -0.2) is 25.6 Å². The minimum absolute atomic E-state index is 0.152. The van der Waals surface area contributed by atoms with Crippen molar-refractivity contribution >= 4 is 16.9 Å². The molecule has 2 heterocycles. The summed E-state index contributed by atoms with van der Waals surface area (Å²) < 4.78 is 6.98. The first-order valence-electron chi connectivity index (χ1n) is 8.99. The summed E-state index contributed by atoms with van der Waals surface area (Å²) in [6.45, 7) is 4.28. The number of aromatic amines is 1. The van der Waals surface area contributed by atoms with Crippen molar-refractivity contribution in [1.29, 1.82) is 0 Å². The number of fused-ring (bicyclic) bond motifs is 1. The van der Waals surface area contributed by atoms with Crippen LogP contribution in [0.15, 0.2) is 57.8 Å². The summed E-state index contributed by atoms with van der Waals surface area (Å²) in [5.74, 6) is 0.481. The standard InChI is InChI=1S/C20H19N5O3/c1-3-25-16-10-9-14(11-15(16)22-20(25)27)17-23-19(28-24-17)12(2)21-18(26)13-7-5-4-6-8-13/h4-12H,3H2,1-2H3,(H,21,26)(H,22,27). The average Bonchev–Trinajstić information content (AvgIpc) is 3.32. The van der Waals surface area contributed by atoms with Gasteiger partial charge in [-0.3, -0.25) is 9.36 Å². The van der Waals surface area contributed by atoms with Gasteiger partial charge in [-0.2, -0.15) is 4.98 Å². The van der Waals surface area contributed by atoms with Gasteiger partial charge in [0.25, 0.3) is 5.91 Å². The third-order valence-electron chi connectivity index (χ3n) is 4.54. The molecule has 0 bridgehead atoms. The molecule has 0 aliphatic rings. The van der Waals surface area contributed by atoms with Gasteiger partial charge in [-0.05, 0) is 44.2 Å². The van der Waals surface area contributed by atoms with E-state index in [-0.39, 0.29) is 11.6 Å². The highest BCUT2D eigenvalue weighted by Gasteiger charge is 2.18. The van der Waals surface area contributed by atoms with Gasteiger partial charge >= 0.3 is 5.69 Å². The van der Waals surface area contributed by atoms with Crippen molar-refractivity contribution in [3.8, 4) is 11.4 Å². The molecule has 0 spiro atoms. The molecule has 8 nitrogen and oxygen atoms in total. The van der Waals surface area contributed by atoms with Crippen LogP contribution in [0.5, 0.6) is 0 Å². The number of aromatic nitrogens is 4. The van der Waals surface area contributed by atoms with Gasteiger partial charge in [0.05, 0.1) is 11.0 Å². The van der Waals surface area contributed by atoms with E-state index < -0.39 is 6.04 Å². The Morgan fingerprint density at radius 2 is 2.04 bits per heavy atom. The van der Waals surface area contributed by atoms with E-state index >= 15 is 0 Å². The number of nitrogens with one attached hydrogen (secondary N) is 2. The van der Waals surface area contributed by atoms with Crippen LogP contribution in [0.1, 0.15) is 36.1 Å². The molecule has 1 amide bonds. The normalized spacial score (nSPS) is 12.2. The summed E-state index contributed by atoms with van der Waals surface area (Å²) in [5.41, 5.74) is 2.66. The van der Waals surface area contributed by atoms with Gasteiger partial charge in [0.1, 0.15) is 6.04 Å². The van der Waals surface area contributed by atoms with Crippen LogP contribution in [-0.2, 0) is 6.54 Å². The predicted octanol–water partition coefficient (Wildman–Crippen LogP) is 2.89. The molecule has 8 heteroatoms. The number of carbonyl (C=O) groups excluding carboxylic acids is 1. The molecule has 1 unspecified atom stereocenters. The zero-order valence-corrected chi connectivity index (χ0v) is 15.5. The van der Waals surface area contributed by atoms with E-state index in [9.17, 15) is 9.59 Å². The number of rotatable bonds is 5. The number of nitrogens with zero attached hydrogens (tertiary/aromatic N) is 3. The van der Waals surface area contributed by atoms with Crippen LogP contribution in [0, 0.1) is 0 Å². The Bertz CT molecular complexity index is 1190. The number of carbonyl (C=O) groups is 1. The van der Waals surface area contributed by atoms with Gasteiger partial charge in [-0.25, -0.2) is 4.79 Å². The third kappa shape index (κ3) is 3.20. The lowest BCUT2D eigenvalue weighted by Crippen LogP contribution is -2.26. The van der Waals surface area contributed by atoms with Crippen LogP contribution >= 0.6 is 0 Å². The fourth-order valence-corrected chi connectivity index (χ4v) is 3.08. The van der Waals surface area contributed by atoms with Crippen molar-refractivity contribution in [3.05, 3.63) is 70.5 Å². The van der Waals surface area contributed by atoms with Gasteiger partial charge in [0.2, 0.25) is 11.7 Å². The highest BCUT2D eigenvalue weighted by molar-refractivity contribution is 5.94. The van der Waals surface area contributed by atoms with E-state index in [4.69, 9.17) is 4.52 Å². The maximum atomic E-state index is 12.3. The highest BCUT2D eigenvalue weighted by Crippen LogP contribution is 2.22. The predicted molar refractivity (Wildman–Crippen MR) is 104 cm³/mol. The van der Waals surface area contributed by atoms with Crippen LogP contribution in [0.3, 0.4) is 0 Å².